The highest BCUT2D eigenvalue weighted by Gasteiger charge is 2.12. The Hall–Kier alpha value is -1.82. The number of benzene rings is 1. The van der Waals surface area contributed by atoms with Gasteiger partial charge in [-0.05, 0) is 56.7 Å². The summed E-state index contributed by atoms with van der Waals surface area (Å²) in [4.78, 5) is 0. The Labute approximate surface area is 123 Å². The third-order valence-corrected chi connectivity index (χ3v) is 3.83. The van der Waals surface area contributed by atoms with E-state index in [4.69, 9.17) is 0 Å². The first-order valence-corrected chi connectivity index (χ1v) is 7.47. The van der Waals surface area contributed by atoms with Gasteiger partial charge in [-0.2, -0.15) is 0 Å². The van der Waals surface area contributed by atoms with Crippen LogP contribution < -0.4 is 0 Å². The second kappa shape index (κ2) is 7.09. The van der Waals surface area contributed by atoms with Crippen molar-refractivity contribution in [1.29, 1.82) is 0 Å². The standard InChI is InChI=1S/C20H24/c1-4-16(2)9-7-10-17(3)15-19-13-8-12-18-11-5-6-14-20(18)19/h4-7,9-11,14-15H,8,12-13H2,1-3H3/b9-7+,16-4+,17-10-,19-15+. The van der Waals surface area contributed by atoms with Crippen LogP contribution in [0.25, 0.3) is 5.57 Å². The molecule has 0 bridgehead atoms. The number of hydrogen-bond acceptors (Lipinski definition) is 0. The largest absolute Gasteiger partial charge is 0.0847 e. The van der Waals surface area contributed by atoms with Gasteiger partial charge in [0, 0.05) is 0 Å². The van der Waals surface area contributed by atoms with Crippen LogP contribution in [0.5, 0.6) is 0 Å². The molecule has 2 rings (SSSR count). The monoisotopic (exact) mass is 264 g/mol. The molecule has 1 aliphatic rings. The Morgan fingerprint density at radius 2 is 1.85 bits per heavy atom. The van der Waals surface area contributed by atoms with E-state index in [-0.39, 0.29) is 0 Å². The maximum atomic E-state index is 2.34. The first-order chi connectivity index (χ1) is 9.70. The van der Waals surface area contributed by atoms with E-state index >= 15 is 0 Å². The van der Waals surface area contributed by atoms with Gasteiger partial charge in [0.2, 0.25) is 0 Å². The summed E-state index contributed by atoms with van der Waals surface area (Å²) in [5.74, 6) is 0. The lowest BCUT2D eigenvalue weighted by atomic mass is 9.86. The lowest BCUT2D eigenvalue weighted by molar-refractivity contribution is 0.822. The van der Waals surface area contributed by atoms with Crippen molar-refractivity contribution in [1.82, 2.24) is 0 Å². The first-order valence-electron chi connectivity index (χ1n) is 7.47. The number of fused-ring (bicyclic) bond motifs is 1. The Bertz CT molecular complexity index is 580. The maximum absolute atomic E-state index is 2.34. The van der Waals surface area contributed by atoms with Gasteiger partial charge >= 0.3 is 0 Å². The van der Waals surface area contributed by atoms with Crippen molar-refractivity contribution in [3.63, 3.8) is 0 Å². The molecule has 104 valence electrons. The van der Waals surface area contributed by atoms with Crippen molar-refractivity contribution in [3.05, 3.63) is 76.9 Å². The quantitative estimate of drug-likeness (QED) is 0.598. The molecule has 1 aliphatic carbocycles. The fourth-order valence-electron chi connectivity index (χ4n) is 2.58. The average Bonchev–Trinajstić information content (AvgIpc) is 2.47. The van der Waals surface area contributed by atoms with Crippen LogP contribution in [0.3, 0.4) is 0 Å². The third kappa shape index (κ3) is 3.84. The van der Waals surface area contributed by atoms with E-state index in [0.717, 1.165) is 0 Å². The van der Waals surface area contributed by atoms with Crippen molar-refractivity contribution >= 4 is 5.57 Å². The summed E-state index contributed by atoms with van der Waals surface area (Å²) in [7, 11) is 0. The van der Waals surface area contributed by atoms with Gasteiger partial charge in [0.15, 0.2) is 0 Å². The zero-order valence-electron chi connectivity index (χ0n) is 12.8. The Morgan fingerprint density at radius 1 is 1.05 bits per heavy atom. The molecule has 0 heterocycles. The van der Waals surface area contributed by atoms with E-state index in [1.807, 2.05) is 0 Å². The smallest absolute Gasteiger partial charge is 0.0192 e. The van der Waals surface area contributed by atoms with Gasteiger partial charge in [-0.15, -0.1) is 0 Å². The van der Waals surface area contributed by atoms with Gasteiger partial charge in [-0.3, -0.25) is 0 Å². The lowest BCUT2D eigenvalue weighted by Gasteiger charge is -2.18. The van der Waals surface area contributed by atoms with Crippen LogP contribution in [0.1, 0.15) is 44.7 Å². The number of allylic oxidation sites excluding steroid dienone is 8. The molecule has 0 N–H and O–H groups in total. The number of aryl methyl sites for hydroxylation is 1. The first kappa shape index (κ1) is 14.6. The summed E-state index contributed by atoms with van der Waals surface area (Å²) in [5.41, 5.74) is 7.04. The molecule has 0 nitrogen and oxygen atoms in total. The van der Waals surface area contributed by atoms with Crippen molar-refractivity contribution in [2.75, 3.05) is 0 Å². The summed E-state index contributed by atoms with van der Waals surface area (Å²) in [6, 6.07) is 8.81. The van der Waals surface area contributed by atoms with Gasteiger partial charge in [0.25, 0.3) is 0 Å². The molecule has 0 spiro atoms. The number of rotatable bonds is 3. The van der Waals surface area contributed by atoms with Crippen LogP contribution in [-0.2, 0) is 6.42 Å². The predicted octanol–water partition coefficient (Wildman–Crippen LogP) is 5.88. The topological polar surface area (TPSA) is 0 Å². The minimum Gasteiger partial charge on any atom is -0.0847 e. The molecule has 0 saturated carbocycles. The second-order valence-electron chi connectivity index (χ2n) is 5.48. The van der Waals surface area contributed by atoms with Crippen LogP contribution in [-0.4, -0.2) is 0 Å². The van der Waals surface area contributed by atoms with Gasteiger partial charge in [0.05, 0.1) is 0 Å². The fraction of sp³-hybridized carbons (Fsp3) is 0.300. The molecule has 0 unspecified atom stereocenters. The minimum absolute atomic E-state index is 1.19. The molecule has 0 radical (unpaired) electrons. The van der Waals surface area contributed by atoms with Crippen molar-refractivity contribution in [2.24, 2.45) is 0 Å². The molecule has 0 aromatic heterocycles. The van der Waals surface area contributed by atoms with Gasteiger partial charge in [-0.1, -0.05) is 65.8 Å². The summed E-state index contributed by atoms with van der Waals surface area (Å²) >= 11 is 0. The van der Waals surface area contributed by atoms with Crippen LogP contribution >= 0.6 is 0 Å². The average molecular weight is 264 g/mol. The van der Waals surface area contributed by atoms with Crippen LogP contribution in [0, 0.1) is 0 Å². The Balaban J connectivity index is 2.20. The summed E-state index contributed by atoms with van der Waals surface area (Å²) in [5, 5.41) is 0. The molecule has 0 heteroatoms. The van der Waals surface area contributed by atoms with Crippen LogP contribution in [0.15, 0.2) is 65.8 Å². The van der Waals surface area contributed by atoms with E-state index < -0.39 is 0 Å². The van der Waals surface area contributed by atoms with Crippen LogP contribution in [0.2, 0.25) is 0 Å². The highest BCUT2D eigenvalue weighted by Crippen LogP contribution is 2.31. The predicted molar refractivity (Wildman–Crippen MR) is 89.7 cm³/mol. The minimum atomic E-state index is 1.19. The zero-order chi connectivity index (χ0) is 14.4. The highest BCUT2D eigenvalue weighted by atomic mass is 14.2. The van der Waals surface area contributed by atoms with E-state index in [1.54, 1.807) is 0 Å². The molecular formula is C20H24. The maximum Gasteiger partial charge on any atom is -0.0192 e. The van der Waals surface area contributed by atoms with Gasteiger partial charge in [-0.25, -0.2) is 0 Å². The van der Waals surface area contributed by atoms with Crippen LogP contribution in [0.4, 0.5) is 0 Å². The summed E-state index contributed by atoms with van der Waals surface area (Å²) in [6.45, 7) is 6.37. The van der Waals surface area contributed by atoms with E-state index in [0.29, 0.717) is 0 Å². The van der Waals surface area contributed by atoms with E-state index in [1.165, 1.54) is 47.1 Å². The number of hydrogen-bond donors (Lipinski definition) is 0. The molecule has 0 atom stereocenters. The molecule has 1 aromatic rings. The van der Waals surface area contributed by atoms with Crippen molar-refractivity contribution in [2.45, 2.75) is 40.0 Å². The Kier molecular flexibility index (Phi) is 5.17. The van der Waals surface area contributed by atoms with Crippen molar-refractivity contribution in [3.8, 4) is 0 Å². The molecule has 0 saturated heterocycles. The molecule has 1 aromatic carbocycles. The molecular weight excluding hydrogens is 240 g/mol. The Morgan fingerprint density at radius 3 is 2.65 bits per heavy atom. The molecule has 0 fully saturated rings. The molecule has 0 aliphatic heterocycles. The second-order valence-corrected chi connectivity index (χ2v) is 5.48. The summed E-state index contributed by atoms with van der Waals surface area (Å²) in [6.07, 6.45) is 14.6. The fourth-order valence-corrected chi connectivity index (χ4v) is 2.58. The third-order valence-electron chi connectivity index (χ3n) is 3.83. The SMILES string of the molecule is C/C=C(C)/C=C/C=C(C)\C=C1/CCCc2ccccc21. The van der Waals surface area contributed by atoms with Gasteiger partial charge in [0.1, 0.15) is 0 Å². The summed E-state index contributed by atoms with van der Waals surface area (Å²) < 4.78 is 0. The molecule has 0 amide bonds. The highest BCUT2D eigenvalue weighted by molar-refractivity contribution is 5.72. The van der Waals surface area contributed by atoms with E-state index in [9.17, 15) is 0 Å². The van der Waals surface area contributed by atoms with Gasteiger partial charge < -0.3 is 0 Å². The lowest BCUT2D eigenvalue weighted by Crippen LogP contribution is -2.01. The molecule has 20 heavy (non-hydrogen) atoms. The van der Waals surface area contributed by atoms with Crippen molar-refractivity contribution < 1.29 is 0 Å². The van der Waals surface area contributed by atoms with E-state index in [2.05, 4.69) is 75.4 Å². The normalized spacial score (nSPS) is 18.6. The zero-order valence-corrected chi connectivity index (χ0v) is 12.8.